The van der Waals surface area contributed by atoms with Crippen molar-refractivity contribution in [2.45, 2.75) is 18.0 Å². The van der Waals surface area contributed by atoms with Crippen molar-refractivity contribution in [3.63, 3.8) is 0 Å². The summed E-state index contributed by atoms with van der Waals surface area (Å²) in [5.74, 6) is 0.899. The Morgan fingerprint density at radius 1 is 1.69 bits per heavy atom. The molecule has 0 amide bonds. The Hall–Kier alpha value is -0.250. The molecule has 1 aliphatic heterocycles. The predicted molar refractivity (Wildman–Crippen MR) is 71.4 cm³/mol. The van der Waals surface area contributed by atoms with Gasteiger partial charge in [0.2, 0.25) is 5.43 Å². The summed E-state index contributed by atoms with van der Waals surface area (Å²) >= 11 is 8.30. The van der Waals surface area contributed by atoms with Crippen LogP contribution >= 0.6 is 43.6 Å². The number of nitrogens with zero attached hydrogens (tertiary/aromatic N) is 2. The van der Waals surface area contributed by atoms with E-state index < -0.39 is 0 Å². The van der Waals surface area contributed by atoms with Crippen LogP contribution in [-0.4, -0.2) is 15.7 Å². The van der Waals surface area contributed by atoms with E-state index >= 15 is 0 Å². The van der Waals surface area contributed by atoms with Crippen LogP contribution in [0.25, 0.3) is 0 Å². The summed E-state index contributed by atoms with van der Waals surface area (Å²) in [6.45, 7) is 1.81. The predicted octanol–water partition coefficient (Wildman–Crippen LogP) is 2.83. The van der Waals surface area contributed by atoms with Crippen molar-refractivity contribution < 1.29 is 0 Å². The Morgan fingerprint density at radius 3 is 2.94 bits per heavy atom. The number of thioether (sulfide) groups is 1. The fourth-order valence-electron chi connectivity index (χ4n) is 1.75. The van der Waals surface area contributed by atoms with Crippen molar-refractivity contribution in [1.82, 2.24) is 4.57 Å². The van der Waals surface area contributed by atoms with Crippen LogP contribution < -0.4 is 5.43 Å². The molecule has 1 aliphatic rings. The lowest BCUT2D eigenvalue weighted by atomic mass is 10.2. The molecule has 1 unspecified atom stereocenters. The van der Waals surface area contributed by atoms with E-state index in [0.29, 0.717) is 10.2 Å². The minimum Gasteiger partial charge on any atom is -0.321 e. The number of hydrogen-bond acceptors (Lipinski definition) is 3. The summed E-state index contributed by atoms with van der Waals surface area (Å²) in [4.78, 5) is 11.9. The van der Waals surface area contributed by atoms with Crippen molar-refractivity contribution in [3.05, 3.63) is 26.0 Å². The molecule has 0 aromatic carbocycles. The van der Waals surface area contributed by atoms with Crippen LogP contribution in [0.3, 0.4) is 0 Å². The first kappa shape index (κ1) is 12.2. The normalized spacial score (nSPS) is 18.2. The Kier molecular flexibility index (Phi) is 3.48. The second-order valence-corrected chi connectivity index (χ2v) is 5.97. The molecule has 0 bridgehead atoms. The highest BCUT2D eigenvalue weighted by Crippen LogP contribution is 2.38. The van der Waals surface area contributed by atoms with Crippen LogP contribution in [-0.2, 0) is 0 Å². The third kappa shape index (κ3) is 1.66. The second kappa shape index (κ2) is 4.55. The maximum absolute atomic E-state index is 11.9. The molecule has 1 aromatic heterocycles. The van der Waals surface area contributed by atoms with Gasteiger partial charge in [-0.15, -0.1) is 11.8 Å². The molecule has 0 fully saturated rings. The molecule has 3 nitrogen and oxygen atoms in total. The molecular weight excluding hydrogens is 356 g/mol. The zero-order chi connectivity index (χ0) is 11.9. The van der Waals surface area contributed by atoms with Crippen LogP contribution in [0.1, 0.15) is 17.3 Å². The van der Waals surface area contributed by atoms with Gasteiger partial charge in [0.05, 0.1) is 15.5 Å². The van der Waals surface area contributed by atoms with E-state index in [1.807, 2.05) is 11.5 Å². The van der Waals surface area contributed by atoms with E-state index in [1.165, 1.54) is 0 Å². The summed E-state index contributed by atoms with van der Waals surface area (Å²) in [6.07, 6.45) is 0. The van der Waals surface area contributed by atoms with E-state index in [4.69, 9.17) is 5.26 Å². The summed E-state index contributed by atoms with van der Waals surface area (Å²) < 4.78 is 2.34. The maximum Gasteiger partial charge on any atom is 0.201 e. The van der Waals surface area contributed by atoms with Crippen LogP contribution in [0.2, 0.25) is 0 Å². The Morgan fingerprint density at radius 2 is 2.38 bits per heavy atom. The monoisotopic (exact) mass is 362 g/mol. The van der Waals surface area contributed by atoms with Gasteiger partial charge in [-0.25, -0.2) is 0 Å². The zero-order valence-electron chi connectivity index (χ0n) is 8.46. The maximum atomic E-state index is 11.9. The highest BCUT2D eigenvalue weighted by molar-refractivity contribution is 9.10. The average molecular weight is 364 g/mol. The quantitative estimate of drug-likeness (QED) is 0.720. The fourth-order valence-corrected chi connectivity index (χ4v) is 4.45. The minimum atomic E-state index is -0.0782. The fraction of sp³-hybridized carbons (Fsp3) is 0.400. The lowest BCUT2D eigenvalue weighted by Crippen LogP contribution is -2.20. The number of nitriles is 1. The zero-order valence-corrected chi connectivity index (χ0v) is 12.4. The molecule has 84 valence electrons. The van der Waals surface area contributed by atoms with Crippen molar-refractivity contribution in [2.75, 3.05) is 11.1 Å². The second-order valence-electron chi connectivity index (χ2n) is 3.52. The highest BCUT2D eigenvalue weighted by atomic mass is 79.9. The first-order valence-corrected chi connectivity index (χ1v) is 7.55. The van der Waals surface area contributed by atoms with Gasteiger partial charge >= 0.3 is 0 Å². The topological polar surface area (TPSA) is 45.8 Å². The highest BCUT2D eigenvalue weighted by Gasteiger charge is 2.28. The summed E-state index contributed by atoms with van der Waals surface area (Å²) in [6, 6.07) is 2.35. The SMILES string of the molecule is Cc1c2n(c(C#N)c(Br)c1=O)C(CBr)CS2. The molecule has 0 radical (unpaired) electrons. The molecule has 2 rings (SSSR count). The van der Waals surface area contributed by atoms with Crippen molar-refractivity contribution in [2.24, 2.45) is 0 Å². The summed E-state index contributed by atoms with van der Waals surface area (Å²) in [7, 11) is 0. The molecule has 2 heterocycles. The molecular formula is C10H8Br2N2OS. The largest absolute Gasteiger partial charge is 0.321 e. The molecule has 6 heteroatoms. The number of pyridine rings is 1. The van der Waals surface area contributed by atoms with Gasteiger partial charge < -0.3 is 4.57 Å². The van der Waals surface area contributed by atoms with Crippen LogP contribution in [0.4, 0.5) is 0 Å². The number of fused-ring (bicyclic) bond motifs is 1. The van der Waals surface area contributed by atoms with Gasteiger partial charge in [-0.2, -0.15) is 5.26 Å². The van der Waals surface area contributed by atoms with E-state index in [1.54, 1.807) is 11.8 Å². The third-order valence-electron chi connectivity index (χ3n) is 2.59. The van der Waals surface area contributed by atoms with E-state index in [0.717, 1.165) is 21.7 Å². The van der Waals surface area contributed by atoms with Crippen LogP contribution in [0.15, 0.2) is 14.3 Å². The first-order chi connectivity index (χ1) is 7.61. The van der Waals surface area contributed by atoms with Gasteiger partial charge in [0.15, 0.2) is 0 Å². The standard InChI is InChI=1S/C10H8Br2N2OS/c1-5-9(15)8(12)7(3-13)14-6(2-11)4-16-10(5)14/h6H,2,4H2,1H3. The lowest BCUT2D eigenvalue weighted by Gasteiger charge is -2.15. The molecule has 16 heavy (non-hydrogen) atoms. The van der Waals surface area contributed by atoms with Crippen LogP contribution in [0.5, 0.6) is 0 Å². The molecule has 1 atom stereocenters. The van der Waals surface area contributed by atoms with Gasteiger partial charge in [0, 0.05) is 16.6 Å². The minimum absolute atomic E-state index is 0.0782. The number of halogens is 2. The molecule has 0 saturated heterocycles. The smallest absolute Gasteiger partial charge is 0.201 e. The number of alkyl halides is 1. The van der Waals surface area contributed by atoms with Gasteiger partial charge in [-0.1, -0.05) is 15.9 Å². The Balaban J connectivity index is 2.83. The number of hydrogen-bond donors (Lipinski definition) is 0. The van der Waals surface area contributed by atoms with E-state index in [-0.39, 0.29) is 11.5 Å². The first-order valence-electron chi connectivity index (χ1n) is 4.65. The molecule has 0 aliphatic carbocycles. The van der Waals surface area contributed by atoms with Crippen molar-refractivity contribution >= 4 is 43.6 Å². The molecule has 0 N–H and O–H groups in total. The Bertz CT molecular complexity index is 547. The van der Waals surface area contributed by atoms with E-state index in [2.05, 4.69) is 37.9 Å². The van der Waals surface area contributed by atoms with Gasteiger partial charge in [0.25, 0.3) is 0 Å². The van der Waals surface area contributed by atoms with Gasteiger partial charge in [-0.05, 0) is 22.9 Å². The van der Waals surface area contributed by atoms with E-state index in [9.17, 15) is 4.79 Å². The number of rotatable bonds is 1. The molecule has 0 saturated carbocycles. The van der Waals surface area contributed by atoms with Crippen molar-refractivity contribution in [3.8, 4) is 6.07 Å². The van der Waals surface area contributed by atoms with Crippen molar-refractivity contribution in [1.29, 1.82) is 5.26 Å². The summed E-state index contributed by atoms with van der Waals surface area (Å²) in [5, 5.41) is 10.9. The molecule has 1 aromatic rings. The van der Waals surface area contributed by atoms with Gasteiger partial charge in [-0.3, -0.25) is 4.79 Å². The molecule has 0 spiro atoms. The lowest BCUT2D eigenvalue weighted by molar-refractivity contribution is 0.578. The Labute approximate surface area is 114 Å². The third-order valence-corrected chi connectivity index (χ3v) is 5.40. The summed E-state index contributed by atoms with van der Waals surface area (Å²) in [5.41, 5.74) is 1.07. The van der Waals surface area contributed by atoms with Crippen LogP contribution in [0, 0.1) is 18.3 Å². The number of aromatic nitrogens is 1. The van der Waals surface area contributed by atoms with Gasteiger partial charge in [0.1, 0.15) is 11.8 Å². The average Bonchev–Trinajstić information content (AvgIpc) is 2.71.